The summed E-state index contributed by atoms with van der Waals surface area (Å²) in [5, 5.41) is 12.9. The van der Waals surface area contributed by atoms with Crippen LogP contribution in [-0.4, -0.2) is 22.0 Å². The summed E-state index contributed by atoms with van der Waals surface area (Å²) in [5.41, 5.74) is 6.75. The first-order valence-corrected chi connectivity index (χ1v) is 9.02. The van der Waals surface area contributed by atoms with Crippen LogP contribution in [0.5, 0.6) is 0 Å². The smallest absolute Gasteiger partial charge is 0.274 e. The molecule has 0 spiro atoms. The van der Waals surface area contributed by atoms with Gasteiger partial charge in [-0.2, -0.15) is 0 Å². The number of aromatic nitrogens is 1. The Balaban J connectivity index is 1.57. The van der Waals surface area contributed by atoms with Gasteiger partial charge in [-0.05, 0) is 67.6 Å². The summed E-state index contributed by atoms with van der Waals surface area (Å²) < 4.78 is 0. The van der Waals surface area contributed by atoms with Crippen LogP contribution in [0.25, 0.3) is 10.9 Å². The van der Waals surface area contributed by atoms with Crippen molar-refractivity contribution < 1.29 is 14.8 Å². The second-order valence-corrected chi connectivity index (χ2v) is 7.05. The fraction of sp³-hybridized carbons (Fsp3) is 0.238. The fourth-order valence-corrected chi connectivity index (χ4v) is 3.78. The molecule has 1 atom stereocenters. The molecule has 4 rings (SSSR count). The third-order valence-electron chi connectivity index (χ3n) is 5.15. The highest BCUT2D eigenvalue weighted by atomic mass is 16.5. The highest BCUT2D eigenvalue weighted by Gasteiger charge is 2.24. The van der Waals surface area contributed by atoms with Gasteiger partial charge >= 0.3 is 0 Å². The van der Waals surface area contributed by atoms with Gasteiger partial charge in [0.1, 0.15) is 5.69 Å². The number of hydroxylamine groups is 1. The van der Waals surface area contributed by atoms with Crippen LogP contribution in [0.1, 0.15) is 56.4 Å². The van der Waals surface area contributed by atoms with E-state index < -0.39 is 5.91 Å². The molecule has 2 aromatic carbocycles. The van der Waals surface area contributed by atoms with E-state index in [0.29, 0.717) is 11.3 Å². The van der Waals surface area contributed by atoms with Crippen LogP contribution in [0.15, 0.2) is 42.5 Å². The van der Waals surface area contributed by atoms with Crippen molar-refractivity contribution in [2.75, 3.05) is 0 Å². The first kappa shape index (κ1) is 17.3. The molecule has 1 aliphatic carbocycles. The highest BCUT2D eigenvalue weighted by molar-refractivity contribution is 5.98. The molecule has 0 aliphatic heterocycles. The molecule has 3 aromatic rings. The van der Waals surface area contributed by atoms with Crippen LogP contribution in [0, 0.1) is 6.92 Å². The first-order chi connectivity index (χ1) is 13.0. The number of amides is 2. The molecular formula is C21H21N3O3. The van der Waals surface area contributed by atoms with Gasteiger partial charge in [-0.25, -0.2) is 5.48 Å². The minimum Gasteiger partial charge on any atom is -0.351 e. The van der Waals surface area contributed by atoms with Gasteiger partial charge in [0.05, 0.1) is 6.04 Å². The summed E-state index contributed by atoms with van der Waals surface area (Å²) in [6.45, 7) is 2.02. The van der Waals surface area contributed by atoms with Gasteiger partial charge in [0.15, 0.2) is 0 Å². The van der Waals surface area contributed by atoms with Crippen molar-refractivity contribution in [1.82, 2.24) is 15.8 Å². The number of hydrogen-bond donors (Lipinski definition) is 4. The molecule has 0 radical (unpaired) electrons. The van der Waals surface area contributed by atoms with Crippen LogP contribution < -0.4 is 10.8 Å². The fourth-order valence-electron chi connectivity index (χ4n) is 3.78. The van der Waals surface area contributed by atoms with E-state index in [1.54, 1.807) is 17.6 Å². The number of aromatic amines is 1. The van der Waals surface area contributed by atoms with Gasteiger partial charge in [0.25, 0.3) is 11.8 Å². The first-order valence-electron chi connectivity index (χ1n) is 9.02. The van der Waals surface area contributed by atoms with Crippen molar-refractivity contribution in [2.24, 2.45) is 0 Å². The molecule has 0 saturated heterocycles. The van der Waals surface area contributed by atoms with E-state index in [1.807, 2.05) is 37.3 Å². The molecule has 0 bridgehead atoms. The van der Waals surface area contributed by atoms with Gasteiger partial charge in [-0.1, -0.05) is 17.7 Å². The van der Waals surface area contributed by atoms with Crippen molar-refractivity contribution in [1.29, 1.82) is 0 Å². The summed E-state index contributed by atoms with van der Waals surface area (Å²) in [5.74, 6) is -0.670. The maximum atomic E-state index is 12.8. The number of fused-ring (bicyclic) bond motifs is 2. The van der Waals surface area contributed by atoms with Crippen LogP contribution in [-0.2, 0) is 6.42 Å². The zero-order valence-corrected chi connectivity index (χ0v) is 15.0. The van der Waals surface area contributed by atoms with Crippen molar-refractivity contribution in [3.63, 3.8) is 0 Å². The van der Waals surface area contributed by atoms with Crippen LogP contribution in [0.3, 0.4) is 0 Å². The standard InChI is InChI=1S/C21H21N3O3/c1-12-5-8-17-15(9-12)11-19(22-17)21(26)23-18-4-2-3-13-10-14(20(25)24-27)6-7-16(13)18/h5-11,18,22,27H,2-4H2,1H3,(H,23,26)(H,24,25). The lowest BCUT2D eigenvalue weighted by atomic mass is 9.86. The number of nitrogens with one attached hydrogen (secondary N) is 3. The minimum absolute atomic E-state index is 0.0966. The Bertz CT molecular complexity index is 1040. The van der Waals surface area contributed by atoms with Crippen molar-refractivity contribution in [3.05, 3.63) is 70.4 Å². The number of rotatable bonds is 3. The molecule has 2 amide bonds. The maximum absolute atomic E-state index is 12.8. The Morgan fingerprint density at radius 1 is 1.11 bits per heavy atom. The monoisotopic (exact) mass is 363 g/mol. The van der Waals surface area contributed by atoms with E-state index in [9.17, 15) is 9.59 Å². The Labute approximate surface area is 156 Å². The van der Waals surface area contributed by atoms with Crippen molar-refractivity contribution in [2.45, 2.75) is 32.2 Å². The van der Waals surface area contributed by atoms with E-state index in [2.05, 4.69) is 10.3 Å². The third kappa shape index (κ3) is 3.31. The topological polar surface area (TPSA) is 94.2 Å². The molecule has 0 fully saturated rings. The molecule has 27 heavy (non-hydrogen) atoms. The van der Waals surface area contributed by atoms with E-state index in [0.717, 1.165) is 46.9 Å². The van der Waals surface area contributed by atoms with Crippen LogP contribution in [0.2, 0.25) is 0 Å². The number of hydrogen-bond acceptors (Lipinski definition) is 3. The molecule has 1 aliphatic rings. The lowest BCUT2D eigenvalue weighted by Gasteiger charge is -2.26. The van der Waals surface area contributed by atoms with Crippen LogP contribution >= 0.6 is 0 Å². The summed E-state index contributed by atoms with van der Waals surface area (Å²) in [4.78, 5) is 27.6. The molecule has 6 heteroatoms. The minimum atomic E-state index is -0.530. The van der Waals surface area contributed by atoms with E-state index in [1.165, 1.54) is 0 Å². The third-order valence-corrected chi connectivity index (χ3v) is 5.15. The number of H-pyrrole nitrogens is 1. The Morgan fingerprint density at radius 2 is 1.96 bits per heavy atom. The second-order valence-electron chi connectivity index (χ2n) is 7.05. The SMILES string of the molecule is Cc1ccc2[nH]c(C(=O)NC3CCCc4cc(C(=O)NO)ccc43)cc2c1. The quantitative estimate of drug-likeness (QED) is 0.424. The van der Waals surface area contributed by atoms with Crippen LogP contribution in [0.4, 0.5) is 0 Å². The largest absolute Gasteiger partial charge is 0.351 e. The zero-order valence-electron chi connectivity index (χ0n) is 15.0. The lowest BCUT2D eigenvalue weighted by molar-refractivity contribution is 0.0706. The van der Waals surface area contributed by atoms with E-state index >= 15 is 0 Å². The lowest BCUT2D eigenvalue weighted by Crippen LogP contribution is -2.31. The maximum Gasteiger partial charge on any atom is 0.274 e. The molecular weight excluding hydrogens is 342 g/mol. The summed E-state index contributed by atoms with van der Waals surface area (Å²) in [6, 6.07) is 13.1. The Morgan fingerprint density at radius 3 is 2.78 bits per heavy atom. The Kier molecular flexibility index (Phi) is 4.41. The number of aryl methyl sites for hydroxylation is 2. The second kappa shape index (κ2) is 6.89. The zero-order chi connectivity index (χ0) is 19.0. The summed E-state index contributed by atoms with van der Waals surface area (Å²) in [6.07, 6.45) is 2.62. The van der Waals surface area contributed by atoms with Crippen molar-refractivity contribution in [3.8, 4) is 0 Å². The molecule has 4 N–H and O–H groups in total. The van der Waals surface area contributed by atoms with E-state index in [4.69, 9.17) is 5.21 Å². The van der Waals surface area contributed by atoms with Gasteiger partial charge in [-0.15, -0.1) is 0 Å². The number of benzene rings is 2. The summed E-state index contributed by atoms with van der Waals surface area (Å²) in [7, 11) is 0. The summed E-state index contributed by atoms with van der Waals surface area (Å²) >= 11 is 0. The van der Waals surface area contributed by atoms with Gasteiger partial charge in [0, 0.05) is 16.5 Å². The average Bonchev–Trinajstić information content (AvgIpc) is 3.10. The molecule has 1 unspecified atom stereocenters. The molecule has 0 saturated carbocycles. The number of carbonyl (C=O) groups excluding carboxylic acids is 2. The predicted octanol–water partition coefficient (Wildman–Crippen LogP) is 3.40. The molecule has 6 nitrogen and oxygen atoms in total. The average molecular weight is 363 g/mol. The van der Waals surface area contributed by atoms with Crippen molar-refractivity contribution >= 4 is 22.7 Å². The normalized spacial score (nSPS) is 16.0. The van der Waals surface area contributed by atoms with Gasteiger partial charge in [0.2, 0.25) is 0 Å². The molecule has 1 heterocycles. The molecule has 1 aromatic heterocycles. The van der Waals surface area contributed by atoms with E-state index in [-0.39, 0.29) is 11.9 Å². The Hall–Kier alpha value is -3.12. The highest BCUT2D eigenvalue weighted by Crippen LogP contribution is 2.31. The van der Waals surface area contributed by atoms with Gasteiger partial charge in [-0.3, -0.25) is 14.8 Å². The predicted molar refractivity (Wildman–Crippen MR) is 102 cm³/mol. The molecule has 138 valence electrons. The number of carbonyl (C=O) groups is 2. The van der Waals surface area contributed by atoms with Gasteiger partial charge < -0.3 is 10.3 Å².